The average molecular weight is 422 g/mol. The summed E-state index contributed by atoms with van der Waals surface area (Å²) in [6.07, 6.45) is 2.75. The van der Waals surface area contributed by atoms with Gasteiger partial charge in [-0.2, -0.15) is 4.37 Å². The van der Waals surface area contributed by atoms with E-state index in [4.69, 9.17) is 0 Å². The number of carbonyl (C=O) groups is 1. The van der Waals surface area contributed by atoms with Gasteiger partial charge in [-0.1, -0.05) is 6.07 Å². The molecule has 1 aliphatic rings. The van der Waals surface area contributed by atoms with Crippen LogP contribution < -0.4 is 10.2 Å². The number of aromatic nitrogens is 2. The van der Waals surface area contributed by atoms with Gasteiger partial charge in [0.05, 0.1) is 23.6 Å². The molecule has 0 radical (unpaired) electrons. The Kier molecular flexibility index (Phi) is 5.33. The van der Waals surface area contributed by atoms with Crippen molar-refractivity contribution in [3.8, 4) is 10.6 Å². The van der Waals surface area contributed by atoms with Gasteiger partial charge < -0.3 is 15.3 Å². The molecule has 2 N–H and O–H groups in total. The van der Waals surface area contributed by atoms with Gasteiger partial charge in [-0.15, -0.1) is 11.3 Å². The van der Waals surface area contributed by atoms with Crippen molar-refractivity contribution in [2.24, 2.45) is 0 Å². The van der Waals surface area contributed by atoms with Gasteiger partial charge in [-0.3, -0.25) is 4.79 Å². The van der Waals surface area contributed by atoms with Crippen LogP contribution >= 0.6 is 22.9 Å². The minimum Gasteiger partial charge on any atom is -0.391 e. The Morgan fingerprint density at radius 3 is 2.86 bits per heavy atom. The molecular weight excluding hydrogens is 406 g/mol. The van der Waals surface area contributed by atoms with E-state index < -0.39 is 23.6 Å². The molecule has 0 bridgehead atoms. The number of aliphatic hydroxyl groups is 1. The summed E-state index contributed by atoms with van der Waals surface area (Å²) in [6.45, 7) is 1.26. The number of aliphatic hydroxyl groups excluding tert-OH is 1. The number of β-amino-alcohol motifs (C(OH)–C–C–N with tert-alkyl or cyclic N) is 1. The third kappa shape index (κ3) is 3.75. The highest BCUT2D eigenvalue weighted by atomic mass is 32.1. The molecule has 1 atom stereocenters. The molecular formula is C18H16F2N4O2S2. The number of nitrogens with zero attached hydrogens (tertiary/aromatic N) is 3. The Balaban J connectivity index is 1.53. The molecule has 0 aliphatic carbocycles. The van der Waals surface area contributed by atoms with Crippen molar-refractivity contribution in [2.45, 2.75) is 18.9 Å². The van der Waals surface area contributed by atoms with E-state index in [1.807, 2.05) is 4.90 Å². The predicted molar refractivity (Wildman–Crippen MR) is 105 cm³/mol. The number of halogens is 2. The van der Waals surface area contributed by atoms with Gasteiger partial charge in [-0.05, 0) is 36.5 Å². The Hall–Kier alpha value is -2.43. The van der Waals surface area contributed by atoms with E-state index in [9.17, 15) is 18.7 Å². The minimum absolute atomic E-state index is 0.0680. The summed E-state index contributed by atoms with van der Waals surface area (Å²) in [6, 6.07) is 3.57. The Bertz CT molecular complexity index is 987. The molecule has 6 nitrogen and oxygen atoms in total. The van der Waals surface area contributed by atoms with E-state index in [0.717, 1.165) is 47.9 Å². The Morgan fingerprint density at radius 2 is 2.11 bits per heavy atom. The number of hydrogen-bond donors (Lipinski definition) is 2. The van der Waals surface area contributed by atoms with Crippen LogP contribution in [-0.2, 0) is 0 Å². The minimum atomic E-state index is -0.728. The smallest absolute Gasteiger partial charge is 0.275 e. The fourth-order valence-electron chi connectivity index (χ4n) is 3.07. The first kappa shape index (κ1) is 18.9. The first-order valence-corrected chi connectivity index (χ1v) is 10.3. The van der Waals surface area contributed by atoms with Crippen molar-refractivity contribution in [3.05, 3.63) is 47.1 Å². The predicted octanol–water partition coefficient (Wildman–Crippen LogP) is 3.76. The number of thiazole rings is 1. The molecule has 0 spiro atoms. The van der Waals surface area contributed by atoms with Gasteiger partial charge in [0, 0.05) is 18.5 Å². The highest BCUT2D eigenvalue weighted by Gasteiger charge is 2.24. The number of benzene rings is 1. The van der Waals surface area contributed by atoms with E-state index in [0.29, 0.717) is 12.2 Å². The summed E-state index contributed by atoms with van der Waals surface area (Å²) in [4.78, 5) is 18.7. The van der Waals surface area contributed by atoms with Crippen molar-refractivity contribution in [3.63, 3.8) is 0 Å². The van der Waals surface area contributed by atoms with Crippen LogP contribution in [0.15, 0.2) is 29.8 Å². The number of carbonyl (C=O) groups excluding carboxylic acids is 1. The van der Waals surface area contributed by atoms with Crippen LogP contribution in [0.1, 0.15) is 23.3 Å². The summed E-state index contributed by atoms with van der Waals surface area (Å²) in [5.74, 6) is -1.94. The van der Waals surface area contributed by atoms with Gasteiger partial charge in [0.15, 0.2) is 0 Å². The molecule has 3 heterocycles. The van der Waals surface area contributed by atoms with Crippen molar-refractivity contribution in [1.29, 1.82) is 0 Å². The summed E-state index contributed by atoms with van der Waals surface area (Å²) in [5, 5.41) is 15.0. The molecule has 1 fully saturated rings. The summed E-state index contributed by atoms with van der Waals surface area (Å²) >= 11 is 2.23. The van der Waals surface area contributed by atoms with Gasteiger partial charge in [0.2, 0.25) is 0 Å². The van der Waals surface area contributed by atoms with Crippen LogP contribution in [0.2, 0.25) is 0 Å². The first-order chi connectivity index (χ1) is 13.5. The van der Waals surface area contributed by atoms with Crippen molar-refractivity contribution < 1.29 is 18.7 Å². The highest BCUT2D eigenvalue weighted by Crippen LogP contribution is 2.33. The number of rotatable bonds is 4. The van der Waals surface area contributed by atoms with Crippen LogP contribution in [0.5, 0.6) is 0 Å². The largest absolute Gasteiger partial charge is 0.391 e. The lowest BCUT2D eigenvalue weighted by molar-refractivity contribution is 0.102. The first-order valence-electron chi connectivity index (χ1n) is 8.62. The number of nitrogens with one attached hydrogen (secondary N) is 1. The fraction of sp³-hybridized carbons (Fsp3) is 0.278. The maximum atomic E-state index is 13.9. The summed E-state index contributed by atoms with van der Waals surface area (Å²) in [5.41, 5.74) is 0.348. The second kappa shape index (κ2) is 7.90. The zero-order valence-corrected chi connectivity index (χ0v) is 16.2. The monoisotopic (exact) mass is 422 g/mol. The third-order valence-electron chi connectivity index (χ3n) is 4.40. The molecule has 28 heavy (non-hydrogen) atoms. The lowest BCUT2D eigenvalue weighted by Crippen LogP contribution is -2.38. The topological polar surface area (TPSA) is 78.4 Å². The van der Waals surface area contributed by atoms with E-state index in [1.165, 1.54) is 23.0 Å². The zero-order chi connectivity index (χ0) is 19.7. The number of piperidine rings is 1. The van der Waals surface area contributed by atoms with E-state index in [-0.39, 0.29) is 16.3 Å². The maximum absolute atomic E-state index is 13.9. The number of anilines is 2. The van der Waals surface area contributed by atoms with Gasteiger partial charge >= 0.3 is 0 Å². The second-order valence-electron chi connectivity index (χ2n) is 6.38. The molecule has 146 valence electrons. The Labute approximate surface area is 167 Å². The lowest BCUT2D eigenvalue weighted by atomic mass is 10.1. The standard InChI is InChI=1S/C18H16F2N4O2S2/c19-11-4-1-5-12(20)15(11)17-23-14(9-27-17)16(26)22-13-7-21-28-18(13)24-6-2-3-10(25)8-24/h1,4-5,7,9-10,25H,2-3,6,8H2,(H,22,26). The molecule has 1 unspecified atom stereocenters. The Morgan fingerprint density at radius 1 is 1.32 bits per heavy atom. The third-order valence-corrected chi connectivity index (χ3v) is 6.12. The molecule has 1 saturated heterocycles. The molecule has 3 aromatic rings. The van der Waals surface area contributed by atoms with E-state index >= 15 is 0 Å². The SMILES string of the molecule is O=C(Nc1cnsc1N1CCCC(O)C1)c1csc(-c2c(F)cccc2F)n1. The fourth-order valence-corrected chi connectivity index (χ4v) is 4.66. The van der Waals surface area contributed by atoms with Crippen LogP contribution in [0.25, 0.3) is 10.6 Å². The molecule has 1 amide bonds. The molecule has 2 aromatic heterocycles. The molecule has 4 rings (SSSR count). The van der Waals surface area contributed by atoms with Crippen molar-refractivity contribution in [1.82, 2.24) is 9.36 Å². The van der Waals surface area contributed by atoms with Crippen molar-refractivity contribution in [2.75, 3.05) is 23.3 Å². The normalized spacial score (nSPS) is 17.0. The summed E-state index contributed by atoms with van der Waals surface area (Å²) in [7, 11) is 0. The lowest BCUT2D eigenvalue weighted by Gasteiger charge is -2.31. The van der Waals surface area contributed by atoms with E-state index in [2.05, 4.69) is 14.7 Å². The molecule has 1 aliphatic heterocycles. The van der Waals surface area contributed by atoms with Crippen LogP contribution in [0.4, 0.5) is 19.5 Å². The van der Waals surface area contributed by atoms with Gasteiger partial charge in [0.25, 0.3) is 5.91 Å². The molecule has 0 saturated carbocycles. The van der Waals surface area contributed by atoms with Crippen LogP contribution in [-0.4, -0.2) is 39.6 Å². The van der Waals surface area contributed by atoms with Crippen LogP contribution in [0.3, 0.4) is 0 Å². The summed E-state index contributed by atoms with van der Waals surface area (Å²) < 4.78 is 32.0. The number of hydrogen-bond acceptors (Lipinski definition) is 7. The number of amides is 1. The second-order valence-corrected chi connectivity index (χ2v) is 8.01. The maximum Gasteiger partial charge on any atom is 0.275 e. The van der Waals surface area contributed by atoms with Gasteiger partial charge in [-0.25, -0.2) is 13.8 Å². The molecule has 1 aromatic carbocycles. The van der Waals surface area contributed by atoms with Crippen LogP contribution in [0, 0.1) is 11.6 Å². The quantitative estimate of drug-likeness (QED) is 0.669. The highest BCUT2D eigenvalue weighted by molar-refractivity contribution is 7.13. The average Bonchev–Trinajstić information content (AvgIpc) is 3.31. The molecule has 10 heteroatoms. The van der Waals surface area contributed by atoms with Crippen molar-refractivity contribution >= 4 is 39.5 Å². The van der Waals surface area contributed by atoms with Gasteiger partial charge in [0.1, 0.15) is 27.3 Å². The van der Waals surface area contributed by atoms with E-state index in [1.54, 1.807) is 6.20 Å². The zero-order valence-electron chi connectivity index (χ0n) is 14.6.